The van der Waals surface area contributed by atoms with Gasteiger partial charge in [-0.15, -0.1) is 5.10 Å². The van der Waals surface area contributed by atoms with E-state index in [1.54, 1.807) is 17.2 Å². The van der Waals surface area contributed by atoms with Gasteiger partial charge in [-0.05, 0) is 53.7 Å². The van der Waals surface area contributed by atoms with Crippen molar-refractivity contribution in [1.82, 2.24) is 19.7 Å². The third-order valence-electron chi connectivity index (χ3n) is 3.22. The largest absolute Gasteiger partial charge is 0.356 e. The van der Waals surface area contributed by atoms with Crippen LogP contribution in [0.4, 0.5) is 0 Å². The van der Waals surface area contributed by atoms with Gasteiger partial charge in [0.15, 0.2) is 12.1 Å². The van der Waals surface area contributed by atoms with E-state index in [1.165, 1.54) is 6.42 Å². The molecule has 19 heavy (non-hydrogen) atoms. The van der Waals surface area contributed by atoms with Crippen LogP contribution in [0.1, 0.15) is 31.1 Å². The van der Waals surface area contributed by atoms with Gasteiger partial charge >= 0.3 is 0 Å². The molecule has 0 radical (unpaired) electrons. The number of pyridine rings is 1. The van der Waals surface area contributed by atoms with Crippen LogP contribution >= 0.6 is 15.9 Å². The SMILES string of the molecule is Cc1cc(Br)cnc1-c1ncn(C2CCCCO2)n1. The fourth-order valence-corrected chi connectivity index (χ4v) is 2.67. The molecule has 0 aliphatic carbocycles. The van der Waals surface area contributed by atoms with E-state index in [0.29, 0.717) is 5.82 Å². The van der Waals surface area contributed by atoms with Gasteiger partial charge in [0.2, 0.25) is 0 Å². The van der Waals surface area contributed by atoms with Gasteiger partial charge in [0.05, 0.1) is 0 Å². The highest BCUT2D eigenvalue weighted by Gasteiger charge is 2.18. The van der Waals surface area contributed by atoms with E-state index < -0.39 is 0 Å². The Morgan fingerprint density at radius 2 is 2.26 bits per heavy atom. The summed E-state index contributed by atoms with van der Waals surface area (Å²) in [6.45, 7) is 2.81. The minimum absolute atomic E-state index is 0.0192. The van der Waals surface area contributed by atoms with Crippen molar-refractivity contribution in [3.63, 3.8) is 0 Å². The molecule has 100 valence electrons. The highest BCUT2D eigenvalue weighted by molar-refractivity contribution is 9.10. The predicted octanol–water partition coefficient (Wildman–Crippen LogP) is 3.11. The number of hydrogen-bond donors (Lipinski definition) is 0. The Balaban J connectivity index is 1.87. The second kappa shape index (κ2) is 5.38. The molecule has 1 unspecified atom stereocenters. The van der Waals surface area contributed by atoms with Gasteiger partial charge in [-0.2, -0.15) is 0 Å². The zero-order valence-electron chi connectivity index (χ0n) is 10.7. The molecule has 1 fully saturated rings. The van der Waals surface area contributed by atoms with Crippen molar-refractivity contribution in [2.24, 2.45) is 0 Å². The minimum Gasteiger partial charge on any atom is -0.356 e. The van der Waals surface area contributed by atoms with Gasteiger partial charge in [0, 0.05) is 17.3 Å². The van der Waals surface area contributed by atoms with Crippen LogP contribution in [0, 0.1) is 6.92 Å². The number of nitrogens with zero attached hydrogens (tertiary/aromatic N) is 4. The standard InChI is InChI=1S/C13H15BrN4O/c1-9-6-10(14)7-15-12(9)13-16-8-18(17-13)11-4-2-3-5-19-11/h6-8,11H,2-5H2,1H3. The van der Waals surface area contributed by atoms with Crippen molar-refractivity contribution in [2.45, 2.75) is 32.4 Å². The molecule has 2 aromatic heterocycles. The predicted molar refractivity (Wildman–Crippen MR) is 74.5 cm³/mol. The van der Waals surface area contributed by atoms with E-state index in [-0.39, 0.29) is 6.23 Å². The first kappa shape index (κ1) is 12.7. The molecule has 1 saturated heterocycles. The maximum atomic E-state index is 5.70. The third kappa shape index (κ3) is 2.69. The van der Waals surface area contributed by atoms with Crippen molar-refractivity contribution in [3.05, 3.63) is 28.6 Å². The first-order chi connectivity index (χ1) is 9.24. The van der Waals surface area contributed by atoms with Crippen LogP contribution in [0.3, 0.4) is 0 Å². The summed E-state index contributed by atoms with van der Waals surface area (Å²) >= 11 is 3.41. The molecule has 0 N–H and O–H groups in total. The Kier molecular flexibility index (Phi) is 3.61. The van der Waals surface area contributed by atoms with Gasteiger partial charge in [0.25, 0.3) is 0 Å². The summed E-state index contributed by atoms with van der Waals surface area (Å²) in [5.74, 6) is 0.652. The van der Waals surface area contributed by atoms with Gasteiger partial charge < -0.3 is 4.74 Å². The molecular weight excluding hydrogens is 308 g/mol. The normalized spacial score (nSPS) is 19.6. The van der Waals surface area contributed by atoms with E-state index in [1.807, 2.05) is 13.0 Å². The molecule has 3 heterocycles. The molecule has 1 aliphatic heterocycles. The molecule has 1 aliphatic rings. The average Bonchev–Trinajstić information content (AvgIpc) is 2.89. The molecule has 0 bridgehead atoms. The second-order valence-corrected chi connectivity index (χ2v) is 5.60. The Labute approximate surface area is 120 Å². The number of hydrogen-bond acceptors (Lipinski definition) is 4. The lowest BCUT2D eigenvalue weighted by molar-refractivity contribution is -0.0395. The smallest absolute Gasteiger partial charge is 0.200 e. The highest BCUT2D eigenvalue weighted by Crippen LogP contribution is 2.24. The van der Waals surface area contributed by atoms with E-state index in [9.17, 15) is 0 Å². The van der Waals surface area contributed by atoms with E-state index >= 15 is 0 Å². The van der Waals surface area contributed by atoms with Crippen LogP contribution in [0.5, 0.6) is 0 Å². The van der Waals surface area contributed by atoms with Crippen molar-refractivity contribution < 1.29 is 4.74 Å². The number of rotatable bonds is 2. The van der Waals surface area contributed by atoms with Gasteiger partial charge in [-0.1, -0.05) is 0 Å². The van der Waals surface area contributed by atoms with Crippen LogP contribution in [0.25, 0.3) is 11.5 Å². The number of aromatic nitrogens is 4. The van der Waals surface area contributed by atoms with Crippen LogP contribution in [0.15, 0.2) is 23.1 Å². The molecule has 3 rings (SSSR count). The van der Waals surface area contributed by atoms with Gasteiger partial charge in [-0.3, -0.25) is 4.98 Å². The van der Waals surface area contributed by atoms with Gasteiger partial charge in [-0.25, -0.2) is 9.67 Å². The summed E-state index contributed by atoms with van der Waals surface area (Å²) < 4.78 is 8.46. The van der Waals surface area contributed by atoms with Crippen LogP contribution in [-0.4, -0.2) is 26.4 Å². The summed E-state index contributed by atoms with van der Waals surface area (Å²) in [5.41, 5.74) is 1.87. The lowest BCUT2D eigenvalue weighted by atomic mass is 10.2. The Hall–Kier alpha value is -1.27. The fraction of sp³-hybridized carbons (Fsp3) is 0.462. The highest BCUT2D eigenvalue weighted by atomic mass is 79.9. The summed E-state index contributed by atoms with van der Waals surface area (Å²) in [7, 11) is 0. The zero-order chi connectivity index (χ0) is 13.2. The first-order valence-electron chi connectivity index (χ1n) is 6.39. The van der Waals surface area contributed by atoms with Crippen molar-refractivity contribution in [3.8, 4) is 11.5 Å². The lowest BCUT2D eigenvalue weighted by Gasteiger charge is -2.21. The number of ether oxygens (including phenoxy) is 1. The Morgan fingerprint density at radius 3 is 3.00 bits per heavy atom. The quantitative estimate of drug-likeness (QED) is 0.852. The molecular formula is C13H15BrN4O. The fourth-order valence-electron chi connectivity index (χ4n) is 2.23. The second-order valence-electron chi connectivity index (χ2n) is 4.69. The molecule has 1 atom stereocenters. The molecule has 0 amide bonds. The molecule has 0 spiro atoms. The molecule has 5 nitrogen and oxygen atoms in total. The Bertz CT molecular complexity index is 578. The molecule has 0 aromatic carbocycles. The van der Waals surface area contributed by atoms with Crippen molar-refractivity contribution in [2.75, 3.05) is 6.61 Å². The topological polar surface area (TPSA) is 52.8 Å². The first-order valence-corrected chi connectivity index (χ1v) is 7.18. The monoisotopic (exact) mass is 322 g/mol. The molecule has 2 aromatic rings. The van der Waals surface area contributed by atoms with Crippen LogP contribution in [0.2, 0.25) is 0 Å². The third-order valence-corrected chi connectivity index (χ3v) is 3.65. The zero-order valence-corrected chi connectivity index (χ0v) is 12.3. The van der Waals surface area contributed by atoms with Crippen molar-refractivity contribution >= 4 is 15.9 Å². The average molecular weight is 323 g/mol. The van der Waals surface area contributed by atoms with Gasteiger partial charge in [0.1, 0.15) is 12.0 Å². The summed E-state index contributed by atoms with van der Waals surface area (Å²) in [6.07, 6.45) is 6.82. The van der Waals surface area contributed by atoms with Crippen molar-refractivity contribution in [1.29, 1.82) is 0 Å². The molecule has 0 saturated carbocycles. The summed E-state index contributed by atoms with van der Waals surface area (Å²) in [5, 5.41) is 4.50. The minimum atomic E-state index is 0.0192. The molecule has 6 heteroatoms. The number of aryl methyl sites for hydroxylation is 1. The summed E-state index contributed by atoms with van der Waals surface area (Å²) in [6, 6.07) is 2.01. The Morgan fingerprint density at radius 1 is 1.37 bits per heavy atom. The van der Waals surface area contributed by atoms with Crippen LogP contribution in [-0.2, 0) is 4.74 Å². The maximum Gasteiger partial charge on any atom is 0.200 e. The maximum absolute atomic E-state index is 5.70. The lowest BCUT2D eigenvalue weighted by Crippen LogP contribution is -2.18. The van der Waals surface area contributed by atoms with Crippen LogP contribution < -0.4 is 0 Å². The van der Waals surface area contributed by atoms with E-state index in [2.05, 4.69) is 31.0 Å². The summed E-state index contributed by atoms with van der Waals surface area (Å²) in [4.78, 5) is 8.73. The van der Waals surface area contributed by atoms with E-state index in [4.69, 9.17) is 4.74 Å². The van der Waals surface area contributed by atoms with E-state index in [0.717, 1.165) is 35.2 Å². The number of halogens is 1.